The largest absolute Gasteiger partial charge is 0.584 e. The Morgan fingerprint density at radius 3 is 1.56 bits per heavy atom. The predicted molar refractivity (Wildman–Crippen MR) is 110 cm³/mol. The lowest BCUT2D eigenvalue weighted by molar-refractivity contribution is 0.288. The first-order valence-electron chi connectivity index (χ1n) is 9.93. The first-order valence-corrected chi connectivity index (χ1v) is 11.4. The van der Waals surface area contributed by atoms with Crippen molar-refractivity contribution in [1.29, 1.82) is 0 Å². The molecule has 148 valence electrons. The molecule has 0 fully saturated rings. The molecule has 2 rings (SSSR count). The van der Waals surface area contributed by atoms with Gasteiger partial charge in [-0.1, -0.05) is 75.9 Å². The molecular formula is C22H31O4P. The third-order valence-electron chi connectivity index (χ3n) is 4.47. The van der Waals surface area contributed by atoms with E-state index in [-0.39, 0.29) is 0 Å². The van der Waals surface area contributed by atoms with Crippen LogP contribution in [0.3, 0.4) is 0 Å². The Hall–Kier alpha value is -1.77. The highest BCUT2D eigenvalue weighted by atomic mass is 31.2. The molecular weight excluding hydrogens is 359 g/mol. The van der Waals surface area contributed by atoms with Crippen molar-refractivity contribution in [3.05, 3.63) is 59.7 Å². The summed E-state index contributed by atoms with van der Waals surface area (Å²) in [4.78, 5) is 10.3. The molecule has 27 heavy (non-hydrogen) atoms. The van der Waals surface area contributed by atoms with Crippen molar-refractivity contribution in [3.63, 3.8) is 0 Å². The van der Waals surface area contributed by atoms with Gasteiger partial charge in [0, 0.05) is 0 Å². The standard InChI is InChI=1S/C22H31O4P/c1-3-5-7-13-19-15-9-11-17-21(19)25-27(23,24)26-22-18-12-10-16-20(22)14-8-6-4-2/h9-12,15-18H,3-8,13-14H2,1-2H3,(H,23,24). The molecule has 5 heteroatoms. The predicted octanol–water partition coefficient (Wildman–Crippen LogP) is 6.71. The van der Waals surface area contributed by atoms with Gasteiger partial charge in [0.15, 0.2) is 0 Å². The van der Waals surface area contributed by atoms with E-state index in [0.717, 1.165) is 62.5 Å². The van der Waals surface area contributed by atoms with Gasteiger partial charge in [0.2, 0.25) is 0 Å². The summed E-state index contributed by atoms with van der Waals surface area (Å²) in [5, 5.41) is 0. The summed E-state index contributed by atoms with van der Waals surface area (Å²) in [5.74, 6) is 0.839. The first kappa shape index (κ1) is 21.5. The first-order chi connectivity index (χ1) is 13.1. The van der Waals surface area contributed by atoms with Crippen LogP contribution in [0.5, 0.6) is 11.5 Å². The summed E-state index contributed by atoms with van der Waals surface area (Å²) in [6.07, 6.45) is 8.16. The number of hydrogen-bond donors (Lipinski definition) is 1. The number of phosphoric acid groups is 1. The van der Waals surface area contributed by atoms with Crippen LogP contribution < -0.4 is 9.05 Å². The minimum atomic E-state index is -4.27. The van der Waals surface area contributed by atoms with E-state index in [1.807, 2.05) is 24.3 Å². The third kappa shape index (κ3) is 7.40. The number of rotatable bonds is 12. The molecule has 0 saturated heterocycles. The molecule has 0 amide bonds. The van der Waals surface area contributed by atoms with Crippen LogP contribution in [0.4, 0.5) is 0 Å². The lowest BCUT2D eigenvalue weighted by Gasteiger charge is -2.18. The quantitative estimate of drug-likeness (QED) is 0.323. The number of para-hydroxylation sites is 2. The Morgan fingerprint density at radius 2 is 1.15 bits per heavy atom. The Kier molecular flexibility index (Phi) is 8.90. The Labute approximate surface area is 163 Å². The molecule has 2 aromatic rings. The van der Waals surface area contributed by atoms with Gasteiger partial charge in [-0.3, -0.25) is 4.89 Å². The molecule has 4 nitrogen and oxygen atoms in total. The van der Waals surface area contributed by atoms with E-state index in [1.165, 1.54) is 0 Å². The Bertz CT molecular complexity index is 685. The third-order valence-corrected chi connectivity index (χ3v) is 5.33. The molecule has 0 aromatic heterocycles. The molecule has 1 N–H and O–H groups in total. The van der Waals surface area contributed by atoms with E-state index in [1.54, 1.807) is 24.3 Å². The van der Waals surface area contributed by atoms with Crippen LogP contribution in [0.2, 0.25) is 0 Å². The zero-order chi connectivity index (χ0) is 19.5. The number of benzene rings is 2. The second-order valence-corrected chi connectivity index (χ2v) is 8.08. The minimum absolute atomic E-state index is 0.419. The van der Waals surface area contributed by atoms with Gasteiger partial charge in [0.25, 0.3) is 0 Å². The number of hydrogen-bond acceptors (Lipinski definition) is 3. The maximum Gasteiger partial charge on any atom is 0.584 e. The molecule has 0 unspecified atom stereocenters. The fourth-order valence-electron chi connectivity index (χ4n) is 3.00. The van der Waals surface area contributed by atoms with Gasteiger partial charge in [-0.2, -0.15) is 0 Å². The molecule has 0 aliphatic heterocycles. The second kappa shape index (κ2) is 11.2. The normalized spacial score (nSPS) is 11.4. The molecule has 0 saturated carbocycles. The lowest BCUT2D eigenvalue weighted by atomic mass is 10.1. The Morgan fingerprint density at radius 1 is 0.741 bits per heavy atom. The minimum Gasteiger partial charge on any atom is -0.395 e. The molecule has 0 aliphatic rings. The fraction of sp³-hybridized carbons (Fsp3) is 0.455. The molecule has 0 heterocycles. The lowest BCUT2D eigenvalue weighted by Crippen LogP contribution is -2.03. The van der Waals surface area contributed by atoms with Crippen molar-refractivity contribution in [3.8, 4) is 11.5 Å². The van der Waals surface area contributed by atoms with E-state index in [4.69, 9.17) is 9.05 Å². The maximum absolute atomic E-state index is 12.6. The van der Waals surface area contributed by atoms with E-state index in [0.29, 0.717) is 11.5 Å². The summed E-state index contributed by atoms with van der Waals surface area (Å²) in [5.41, 5.74) is 1.86. The second-order valence-electron chi connectivity index (χ2n) is 6.78. The highest BCUT2D eigenvalue weighted by molar-refractivity contribution is 7.48. The smallest absolute Gasteiger partial charge is 0.395 e. The van der Waals surface area contributed by atoms with Crippen molar-refractivity contribution < 1.29 is 18.5 Å². The van der Waals surface area contributed by atoms with Gasteiger partial charge in [-0.05, 0) is 48.9 Å². The van der Waals surface area contributed by atoms with Crippen molar-refractivity contribution in [2.75, 3.05) is 0 Å². The van der Waals surface area contributed by atoms with Crippen LogP contribution >= 0.6 is 7.82 Å². The monoisotopic (exact) mass is 390 g/mol. The average molecular weight is 390 g/mol. The summed E-state index contributed by atoms with van der Waals surface area (Å²) in [6, 6.07) is 14.8. The fourth-order valence-corrected chi connectivity index (χ4v) is 3.89. The SMILES string of the molecule is CCCCCc1ccccc1OP(=O)(O)Oc1ccccc1CCCCC. The van der Waals surface area contributed by atoms with Gasteiger partial charge in [-0.25, -0.2) is 4.57 Å². The van der Waals surface area contributed by atoms with E-state index < -0.39 is 7.82 Å². The zero-order valence-corrected chi connectivity index (χ0v) is 17.3. The van der Waals surface area contributed by atoms with Crippen LogP contribution in [0, 0.1) is 0 Å². The molecule has 0 aliphatic carbocycles. The van der Waals surface area contributed by atoms with Gasteiger partial charge in [-0.15, -0.1) is 0 Å². The topological polar surface area (TPSA) is 55.8 Å². The van der Waals surface area contributed by atoms with Crippen LogP contribution in [0.15, 0.2) is 48.5 Å². The molecule has 0 atom stereocenters. The van der Waals surface area contributed by atoms with Crippen molar-refractivity contribution in [2.24, 2.45) is 0 Å². The van der Waals surface area contributed by atoms with E-state index in [9.17, 15) is 9.46 Å². The highest BCUT2D eigenvalue weighted by Gasteiger charge is 2.27. The molecule has 0 radical (unpaired) electrons. The Balaban J connectivity index is 2.09. The zero-order valence-electron chi connectivity index (χ0n) is 16.4. The number of aryl methyl sites for hydroxylation is 2. The number of unbranched alkanes of at least 4 members (excludes halogenated alkanes) is 4. The number of phosphoric ester groups is 1. The van der Waals surface area contributed by atoms with Crippen LogP contribution in [-0.4, -0.2) is 4.89 Å². The van der Waals surface area contributed by atoms with Gasteiger partial charge in [0.1, 0.15) is 11.5 Å². The van der Waals surface area contributed by atoms with E-state index >= 15 is 0 Å². The van der Waals surface area contributed by atoms with Gasteiger partial charge < -0.3 is 9.05 Å². The summed E-state index contributed by atoms with van der Waals surface area (Å²) in [6.45, 7) is 4.30. The summed E-state index contributed by atoms with van der Waals surface area (Å²) in [7, 11) is -4.27. The van der Waals surface area contributed by atoms with Crippen molar-refractivity contribution >= 4 is 7.82 Å². The van der Waals surface area contributed by atoms with Crippen LogP contribution in [0.1, 0.15) is 63.5 Å². The highest BCUT2D eigenvalue weighted by Crippen LogP contribution is 2.46. The van der Waals surface area contributed by atoms with Crippen molar-refractivity contribution in [2.45, 2.75) is 65.2 Å². The van der Waals surface area contributed by atoms with Gasteiger partial charge >= 0.3 is 7.82 Å². The van der Waals surface area contributed by atoms with Gasteiger partial charge in [0.05, 0.1) is 0 Å². The van der Waals surface area contributed by atoms with Crippen LogP contribution in [-0.2, 0) is 17.4 Å². The maximum atomic E-state index is 12.6. The molecule has 0 spiro atoms. The van der Waals surface area contributed by atoms with Crippen molar-refractivity contribution in [1.82, 2.24) is 0 Å². The van der Waals surface area contributed by atoms with Crippen LogP contribution in [0.25, 0.3) is 0 Å². The summed E-state index contributed by atoms with van der Waals surface area (Å²) < 4.78 is 23.5. The molecule has 0 bridgehead atoms. The average Bonchev–Trinajstić information content (AvgIpc) is 2.64. The summed E-state index contributed by atoms with van der Waals surface area (Å²) >= 11 is 0. The van der Waals surface area contributed by atoms with E-state index in [2.05, 4.69) is 13.8 Å². The molecule has 2 aromatic carbocycles.